The molecule has 1 unspecified atom stereocenters. The molecule has 40 heavy (non-hydrogen) atoms. The predicted octanol–water partition coefficient (Wildman–Crippen LogP) is 9.18. The van der Waals surface area contributed by atoms with Crippen molar-refractivity contribution in [3.63, 3.8) is 0 Å². The van der Waals surface area contributed by atoms with E-state index >= 15 is 0 Å². The zero-order chi connectivity index (χ0) is 27.7. The fourth-order valence-corrected chi connectivity index (χ4v) is 5.45. The van der Waals surface area contributed by atoms with Gasteiger partial charge in [-0.25, -0.2) is 0 Å². The number of hydrogen-bond donors (Lipinski definition) is 2. The van der Waals surface area contributed by atoms with E-state index in [4.69, 9.17) is 5.73 Å². The van der Waals surface area contributed by atoms with Crippen molar-refractivity contribution in [2.75, 3.05) is 12.4 Å². The van der Waals surface area contributed by atoms with Gasteiger partial charge < -0.3 is 11.1 Å². The predicted molar refractivity (Wildman–Crippen MR) is 172 cm³/mol. The van der Waals surface area contributed by atoms with E-state index in [9.17, 15) is 0 Å². The van der Waals surface area contributed by atoms with Crippen molar-refractivity contribution in [2.24, 2.45) is 5.73 Å². The molecule has 6 aromatic rings. The number of rotatable bonds is 6. The lowest BCUT2D eigenvalue weighted by atomic mass is 9.80. The SMILES string of the molecule is CNc1ccccc1C(c1ccccc1)c1ccc(-c2ccccc2CN)c2ccccc12.Cc1ccccc1. The highest BCUT2D eigenvalue weighted by Crippen LogP contribution is 2.42. The van der Waals surface area contributed by atoms with Crippen molar-refractivity contribution < 1.29 is 0 Å². The van der Waals surface area contributed by atoms with Crippen molar-refractivity contribution in [1.29, 1.82) is 0 Å². The summed E-state index contributed by atoms with van der Waals surface area (Å²) in [5, 5.41) is 5.92. The van der Waals surface area contributed by atoms with Gasteiger partial charge in [0.05, 0.1) is 0 Å². The third-order valence-corrected chi connectivity index (χ3v) is 7.41. The smallest absolute Gasteiger partial charge is 0.0379 e. The van der Waals surface area contributed by atoms with Gasteiger partial charge in [-0.05, 0) is 57.1 Å². The topological polar surface area (TPSA) is 38.0 Å². The molecule has 0 radical (unpaired) electrons. The van der Waals surface area contributed by atoms with E-state index in [1.54, 1.807) is 0 Å². The van der Waals surface area contributed by atoms with E-state index in [0.717, 1.165) is 11.3 Å². The molecule has 2 heteroatoms. The maximum Gasteiger partial charge on any atom is 0.0379 e. The largest absolute Gasteiger partial charge is 0.388 e. The zero-order valence-electron chi connectivity index (χ0n) is 23.2. The van der Waals surface area contributed by atoms with Crippen LogP contribution < -0.4 is 11.1 Å². The van der Waals surface area contributed by atoms with Gasteiger partial charge in [0, 0.05) is 25.2 Å². The highest BCUT2D eigenvalue weighted by atomic mass is 14.8. The second-order valence-electron chi connectivity index (χ2n) is 9.94. The van der Waals surface area contributed by atoms with E-state index in [1.807, 2.05) is 25.2 Å². The van der Waals surface area contributed by atoms with Crippen LogP contribution in [-0.2, 0) is 6.54 Å². The zero-order valence-corrected chi connectivity index (χ0v) is 23.2. The first-order chi connectivity index (χ1) is 19.7. The molecule has 0 saturated carbocycles. The van der Waals surface area contributed by atoms with Crippen molar-refractivity contribution >= 4 is 16.5 Å². The molecular weight excluding hydrogens is 484 g/mol. The third-order valence-electron chi connectivity index (χ3n) is 7.41. The Labute approximate surface area is 238 Å². The molecule has 2 nitrogen and oxygen atoms in total. The number of anilines is 1. The van der Waals surface area contributed by atoms with Gasteiger partial charge in [-0.15, -0.1) is 0 Å². The summed E-state index contributed by atoms with van der Waals surface area (Å²) in [6, 6.07) is 51.4. The van der Waals surface area contributed by atoms with Crippen LogP contribution in [-0.4, -0.2) is 7.05 Å². The lowest BCUT2D eigenvalue weighted by molar-refractivity contribution is 0.990. The van der Waals surface area contributed by atoms with E-state index in [1.165, 1.54) is 44.2 Å². The van der Waals surface area contributed by atoms with Crippen molar-refractivity contribution in [3.8, 4) is 11.1 Å². The number of para-hydroxylation sites is 1. The summed E-state index contributed by atoms with van der Waals surface area (Å²) >= 11 is 0. The van der Waals surface area contributed by atoms with Crippen LogP contribution in [0.3, 0.4) is 0 Å². The minimum atomic E-state index is 0.110. The standard InChI is InChI=1S/C31H28N2.C7H8/c1-33-30-18-10-9-17-29(30)31(22-11-3-2-4-12-22)28-20-19-27(25-15-7-8-16-26(25)28)24-14-6-5-13-23(24)21-32;1-7-5-3-2-4-6-7/h2-20,31,33H,21,32H2,1H3;2-6H,1H3. The van der Waals surface area contributed by atoms with E-state index in [2.05, 4.69) is 140 Å². The Kier molecular flexibility index (Phi) is 8.70. The number of aryl methyl sites for hydroxylation is 1. The Hall–Kier alpha value is -4.66. The van der Waals surface area contributed by atoms with Gasteiger partial charge in [0.2, 0.25) is 0 Å². The summed E-state index contributed by atoms with van der Waals surface area (Å²) in [6.07, 6.45) is 0. The normalized spacial score (nSPS) is 11.4. The molecule has 0 amide bonds. The molecule has 1 atom stereocenters. The Morgan fingerprint density at radius 3 is 1.82 bits per heavy atom. The highest BCUT2D eigenvalue weighted by Gasteiger charge is 2.22. The molecular formula is C38H36N2. The van der Waals surface area contributed by atoms with Crippen molar-refractivity contribution in [2.45, 2.75) is 19.4 Å². The number of nitrogens with two attached hydrogens (primary N) is 1. The number of benzene rings is 6. The average molecular weight is 521 g/mol. The molecule has 0 aliphatic heterocycles. The molecule has 0 aliphatic rings. The maximum absolute atomic E-state index is 6.09. The monoisotopic (exact) mass is 520 g/mol. The van der Waals surface area contributed by atoms with Crippen LogP contribution in [0.4, 0.5) is 5.69 Å². The van der Waals surface area contributed by atoms with Gasteiger partial charge in [0.1, 0.15) is 0 Å². The molecule has 0 spiro atoms. The number of fused-ring (bicyclic) bond motifs is 1. The summed E-state index contributed by atoms with van der Waals surface area (Å²) < 4.78 is 0. The maximum atomic E-state index is 6.09. The average Bonchev–Trinajstić information content (AvgIpc) is 3.03. The van der Waals surface area contributed by atoms with Crippen LogP contribution in [0, 0.1) is 6.92 Å². The van der Waals surface area contributed by atoms with Crippen molar-refractivity contribution in [1.82, 2.24) is 0 Å². The summed E-state index contributed by atoms with van der Waals surface area (Å²) in [5.41, 5.74) is 16.0. The van der Waals surface area contributed by atoms with Gasteiger partial charge in [-0.2, -0.15) is 0 Å². The second-order valence-corrected chi connectivity index (χ2v) is 9.94. The summed E-state index contributed by atoms with van der Waals surface area (Å²) in [6.45, 7) is 2.61. The Bertz CT molecular complexity index is 1670. The fraction of sp³-hybridized carbons (Fsp3) is 0.105. The molecule has 0 fully saturated rings. The fourth-order valence-electron chi connectivity index (χ4n) is 5.45. The molecule has 6 aromatic carbocycles. The Balaban J connectivity index is 0.000000403. The molecule has 6 rings (SSSR count). The lowest BCUT2D eigenvalue weighted by Crippen LogP contribution is -2.07. The summed E-state index contributed by atoms with van der Waals surface area (Å²) in [4.78, 5) is 0. The molecule has 198 valence electrons. The molecule has 3 N–H and O–H groups in total. The molecule has 0 bridgehead atoms. The highest BCUT2D eigenvalue weighted by molar-refractivity contribution is 6.00. The Morgan fingerprint density at radius 1 is 0.550 bits per heavy atom. The van der Waals surface area contributed by atoms with Gasteiger partial charge in [-0.3, -0.25) is 0 Å². The van der Waals surface area contributed by atoms with Crippen LogP contribution in [0.1, 0.15) is 33.7 Å². The van der Waals surface area contributed by atoms with E-state index in [0.29, 0.717) is 6.54 Å². The van der Waals surface area contributed by atoms with E-state index < -0.39 is 0 Å². The minimum Gasteiger partial charge on any atom is -0.388 e. The van der Waals surface area contributed by atoms with Gasteiger partial charge in [-0.1, -0.05) is 145 Å². The third kappa shape index (κ3) is 5.83. The van der Waals surface area contributed by atoms with Gasteiger partial charge >= 0.3 is 0 Å². The molecule has 0 aliphatic carbocycles. The quantitative estimate of drug-likeness (QED) is 0.215. The molecule has 0 heterocycles. The van der Waals surface area contributed by atoms with E-state index in [-0.39, 0.29) is 5.92 Å². The Morgan fingerprint density at radius 2 is 1.15 bits per heavy atom. The van der Waals surface area contributed by atoms with Crippen molar-refractivity contribution in [3.05, 3.63) is 173 Å². The molecule has 0 saturated heterocycles. The van der Waals surface area contributed by atoms with Crippen LogP contribution in [0.25, 0.3) is 21.9 Å². The van der Waals surface area contributed by atoms with Gasteiger partial charge in [0.25, 0.3) is 0 Å². The first-order valence-electron chi connectivity index (χ1n) is 13.8. The number of hydrogen-bond acceptors (Lipinski definition) is 2. The number of nitrogens with one attached hydrogen (secondary N) is 1. The first-order valence-corrected chi connectivity index (χ1v) is 13.8. The summed E-state index contributed by atoms with van der Waals surface area (Å²) in [7, 11) is 1.99. The van der Waals surface area contributed by atoms with Crippen LogP contribution in [0.5, 0.6) is 0 Å². The second kappa shape index (κ2) is 12.9. The first kappa shape index (κ1) is 26.9. The minimum absolute atomic E-state index is 0.110. The lowest BCUT2D eigenvalue weighted by Gasteiger charge is -2.24. The molecule has 0 aromatic heterocycles. The summed E-state index contributed by atoms with van der Waals surface area (Å²) in [5.74, 6) is 0.110. The van der Waals surface area contributed by atoms with Crippen LogP contribution in [0.2, 0.25) is 0 Å². The van der Waals surface area contributed by atoms with Crippen LogP contribution in [0.15, 0.2) is 146 Å². The van der Waals surface area contributed by atoms with Gasteiger partial charge in [0.15, 0.2) is 0 Å². The van der Waals surface area contributed by atoms with Crippen LogP contribution >= 0.6 is 0 Å².